The van der Waals surface area contributed by atoms with Crippen LogP contribution in [0.3, 0.4) is 0 Å². The molecule has 0 bridgehead atoms. The predicted octanol–water partition coefficient (Wildman–Crippen LogP) is 3.77. The molecular weight excluding hydrogens is 271 g/mol. The van der Waals surface area contributed by atoms with Gasteiger partial charge in [0.05, 0.1) is 5.69 Å². The Kier molecular flexibility index (Phi) is 3.59. The fourth-order valence-corrected chi connectivity index (χ4v) is 2.46. The van der Waals surface area contributed by atoms with Crippen molar-refractivity contribution in [3.8, 4) is 0 Å². The minimum Gasteiger partial charge on any atom is -0.387 e. The molecule has 0 aliphatic heterocycles. The molecule has 0 atom stereocenters. The zero-order valence-electron chi connectivity index (χ0n) is 8.92. The third-order valence-electron chi connectivity index (χ3n) is 2.93. The minimum absolute atomic E-state index is 0.273. The number of halogens is 2. The van der Waals surface area contributed by atoms with Crippen LogP contribution in [0.2, 0.25) is 0 Å². The third-order valence-corrected chi connectivity index (χ3v) is 3.57. The molecule has 1 aromatic rings. The number of nitrogens with zero attached hydrogens (tertiary/aromatic N) is 1. The second-order valence-electron chi connectivity index (χ2n) is 4.11. The lowest BCUT2D eigenvalue weighted by Gasteiger charge is -2.08. The fraction of sp³-hybridized carbons (Fsp3) is 0.417. The van der Waals surface area contributed by atoms with Crippen LogP contribution in [0, 0.1) is 11.7 Å². The molecule has 0 spiro atoms. The minimum atomic E-state index is -0.273. The predicted molar refractivity (Wildman–Crippen MR) is 67.3 cm³/mol. The van der Waals surface area contributed by atoms with Crippen LogP contribution in [-0.4, -0.2) is 5.84 Å². The Bertz CT molecular complexity index is 411. The summed E-state index contributed by atoms with van der Waals surface area (Å²) in [6.45, 7) is 0. The van der Waals surface area contributed by atoms with Gasteiger partial charge in [-0.25, -0.2) is 9.38 Å². The summed E-state index contributed by atoms with van der Waals surface area (Å²) in [4.78, 5) is 4.36. The number of hydrogen-bond donors (Lipinski definition) is 1. The van der Waals surface area contributed by atoms with Gasteiger partial charge < -0.3 is 5.73 Å². The highest BCUT2D eigenvalue weighted by molar-refractivity contribution is 9.10. The Hall–Kier alpha value is -0.900. The van der Waals surface area contributed by atoms with Gasteiger partial charge in [-0.1, -0.05) is 12.8 Å². The first-order valence-corrected chi connectivity index (χ1v) is 6.25. The van der Waals surface area contributed by atoms with Crippen molar-refractivity contribution in [2.45, 2.75) is 25.7 Å². The molecule has 2 nitrogen and oxygen atoms in total. The number of aliphatic imine (C=N–C) groups is 1. The van der Waals surface area contributed by atoms with Gasteiger partial charge in [0.1, 0.15) is 11.7 Å². The molecule has 0 aromatic heterocycles. The molecular formula is C12H14BrFN2. The topological polar surface area (TPSA) is 38.4 Å². The summed E-state index contributed by atoms with van der Waals surface area (Å²) in [5.74, 6) is 0.798. The average Bonchev–Trinajstić information content (AvgIpc) is 2.75. The summed E-state index contributed by atoms with van der Waals surface area (Å²) in [7, 11) is 0. The maximum atomic E-state index is 12.9. The smallest absolute Gasteiger partial charge is 0.124 e. The SMILES string of the molecule is NC(=Nc1ccc(F)cc1Br)C1CCCC1. The summed E-state index contributed by atoms with van der Waals surface area (Å²) in [6, 6.07) is 4.44. The van der Waals surface area contributed by atoms with Crippen molar-refractivity contribution in [1.29, 1.82) is 0 Å². The summed E-state index contributed by atoms with van der Waals surface area (Å²) in [5, 5.41) is 0. The lowest BCUT2D eigenvalue weighted by atomic mass is 10.1. The molecule has 1 fully saturated rings. The van der Waals surface area contributed by atoms with Crippen molar-refractivity contribution in [3.05, 3.63) is 28.5 Å². The van der Waals surface area contributed by atoms with Crippen molar-refractivity contribution < 1.29 is 4.39 Å². The first-order valence-electron chi connectivity index (χ1n) is 5.46. The largest absolute Gasteiger partial charge is 0.387 e. The Morgan fingerprint density at radius 3 is 2.69 bits per heavy atom. The molecule has 4 heteroatoms. The summed E-state index contributed by atoms with van der Waals surface area (Å²) in [6.07, 6.45) is 4.69. The van der Waals surface area contributed by atoms with Crippen molar-refractivity contribution in [2.75, 3.05) is 0 Å². The Labute approximate surface area is 103 Å². The molecule has 2 rings (SSSR count). The molecule has 1 aromatic carbocycles. The van der Waals surface area contributed by atoms with Crippen molar-refractivity contribution in [3.63, 3.8) is 0 Å². The molecule has 1 saturated carbocycles. The van der Waals surface area contributed by atoms with Gasteiger partial charge in [-0.05, 0) is 47.0 Å². The molecule has 0 amide bonds. The first-order chi connectivity index (χ1) is 7.66. The van der Waals surface area contributed by atoms with E-state index in [1.54, 1.807) is 6.07 Å². The van der Waals surface area contributed by atoms with E-state index < -0.39 is 0 Å². The lowest BCUT2D eigenvalue weighted by molar-refractivity contribution is 0.627. The van der Waals surface area contributed by atoms with Gasteiger partial charge in [0, 0.05) is 10.4 Å². The average molecular weight is 285 g/mol. The van der Waals surface area contributed by atoms with Crippen LogP contribution in [0.4, 0.5) is 10.1 Å². The first kappa shape index (κ1) is 11.6. The highest BCUT2D eigenvalue weighted by Crippen LogP contribution is 2.29. The van der Waals surface area contributed by atoms with E-state index >= 15 is 0 Å². The molecule has 16 heavy (non-hydrogen) atoms. The zero-order valence-corrected chi connectivity index (χ0v) is 10.5. The van der Waals surface area contributed by atoms with Crippen LogP contribution in [0.15, 0.2) is 27.7 Å². The van der Waals surface area contributed by atoms with Crippen LogP contribution < -0.4 is 5.73 Å². The molecule has 86 valence electrons. The Morgan fingerprint density at radius 2 is 2.06 bits per heavy atom. The second kappa shape index (κ2) is 4.95. The number of benzene rings is 1. The highest BCUT2D eigenvalue weighted by atomic mass is 79.9. The van der Waals surface area contributed by atoms with Crippen molar-refractivity contribution in [2.24, 2.45) is 16.6 Å². The van der Waals surface area contributed by atoms with E-state index in [1.165, 1.54) is 25.0 Å². The molecule has 0 radical (unpaired) electrons. The number of nitrogens with two attached hydrogens (primary N) is 1. The highest BCUT2D eigenvalue weighted by Gasteiger charge is 2.18. The van der Waals surface area contributed by atoms with Crippen LogP contribution >= 0.6 is 15.9 Å². The molecule has 1 aliphatic rings. The summed E-state index contributed by atoms with van der Waals surface area (Å²) >= 11 is 3.28. The van der Waals surface area contributed by atoms with E-state index in [2.05, 4.69) is 20.9 Å². The third kappa shape index (κ3) is 2.61. The monoisotopic (exact) mass is 284 g/mol. The van der Waals surface area contributed by atoms with Gasteiger partial charge in [0.15, 0.2) is 0 Å². The maximum Gasteiger partial charge on any atom is 0.124 e. The second-order valence-corrected chi connectivity index (χ2v) is 4.97. The van der Waals surface area contributed by atoms with E-state index in [9.17, 15) is 4.39 Å². The molecule has 1 aliphatic carbocycles. The van der Waals surface area contributed by atoms with Gasteiger partial charge in [-0.2, -0.15) is 0 Å². The van der Waals surface area contributed by atoms with Crippen molar-refractivity contribution >= 4 is 27.5 Å². The summed E-state index contributed by atoms with van der Waals surface area (Å²) < 4.78 is 13.5. The van der Waals surface area contributed by atoms with Crippen LogP contribution in [-0.2, 0) is 0 Å². The normalized spacial score (nSPS) is 18.0. The molecule has 2 N–H and O–H groups in total. The molecule has 0 heterocycles. The number of rotatable bonds is 2. The van der Waals surface area contributed by atoms with Gasteiger partial charge in [-0.15, -0.1) is 0 Å². The zero-order chi connectivity index (χ0) is 11.5. The molecule has 0 unspecified atom stereocenters. The summed E-state index contributed by atoms with van der Waals surface area (Å²) in [5.41, 5.74) is 6.65. The van der Waals surface area contributed by atoms with E-state index in [1.807, 2.05) is 0 Å². The van der Waals surface area contributed by atoms with Gasteiger partial charge in [-0.3, -0.25) is 0 Å². The van der Waals surface area contributed by atoms with Gasteiger partial charge in [0.25, 0.3) is 0 Å². The van der Waals surface area contributed by atoms with E-state index in [0.717, 1.165) is 12.8 Å². The van der Waals surface area contributed by atoms with Gasteiger partial charge >= 0.3 is 0 Å². The standard InChI is InChI=1S/C12H14BrFN2/c13-10-7-9(14)5-6-11(10)16-12(15)8-3-1-2-4-8/h5-8H,1-4H2,(H2,15,16). The Morgan fingerprint density at radius 1 is 1.38 bits per heavy atom. The maximum absolute atomic E-state index is 12.9. The van der Waals surface area contributed by atoms with Gasteiger partial charge in [0.2, 0.25) is 0 Å². The number of hydrogen-bond acceptors (Lipinski definition) is 1. The van der Waals surface area contributed by atoms with Crippen molar-refractivity contribution in [1.82, 2.24) is 0 Å². The van der Waals surface area contributed by atoms with Crippen LogP contribution in [0.25, 0.3) is 0 Å². The fourth-order valence-electron chi connectivity index (χ4n) is 2.02. The van der Waals surface area contributed by atoms with Crippen LogP contribution in [0.5, 0.6) is 0 Å². The quantitative estimate of drug-likeness (QED) is 0.652. The number of amidine groups is 1. The van der Waals surface area contributed by atoms with Crippen LogP contribution in [0.1, 0.15) is 25.7 Å². The van der Waals surface area contributed by atoms with E-state index in [-0.39, 0.29) is 5.82 Å². The molecule has 0 saturated heterocycles. The lowest BCUT2D eigenvalue weighted by Crippen LogP contribution is -2.20. The van der Waals surface area contributed by atoms with E-state index in [4.69, 9.17) is 5.73 Å². The van der Waals surface area contributed by atoms with E-state index in [0.29, 0.717) is 21.9 Å². The Balaban J connectivity index is 2.20.